The lowest BCUT2D eigenvalue weighted by molar-refractivity contribution is 0.0931. The van der Waals surface area contributed by atoms with Crippen molar-refractivity contribution in [2.75, 3.05) is 13.1 Å². The summed E-state index contributed by atoms with van der Waals surface area (Å²) >= 11 is 5.99. The standard InChI is InChI=1S/C22H21ClFN3O3S/c23-16-3-1-5-19(13-16)31(29,30)27-12-10-20(21(27)15-6-8-17(24)9-7-15)22(28)26-18-4-2-11-25-14-18/h1,3,5-10,12-13,18,25H,2,4,11,14H2,(H,26,28)/t18-/m0/s1. The molecule has 4 rings (SSSR count). The molecule has 162 valence electrons. The van der Waals surface area contributed by atoms with Gasteiger partial charge < -0.3 is 10.6 Å². The quantitative estimate of drug-likeness (QED) is 0.607. The van der Waals surface area contributed by atoms with Crippen molar-refractivity contribution in [3.8, 4) is 11.3 Å². The molecule has 0 aliphatic carbocycles. The summed E-state index contributed by atoms with van der Waals surface area (Å²) in [5, 5.41) is 6.47. The largest absolute Gasteiger partial charge is 0.348 e. The Kier molecular flexibility index (Phi) is 6.13. The first kappa shape index (κ1) is 21.5. The second kappa shape index (κ2) is 8.82. The van der Waals surface area contributed by atoms with Crippen molar-refractivity contribution >= 4 is 27.5 Å². The molecule has 2 aromatic carbocycles. The highest BCUT2D eigenvalue weighted by atomic mass is 35.5. The van der Waals surface area contributed by atoms with E-state index in [4.69, 9.17) is 11.6 Å². The van der Waals surface area contributed by atoms with Crippen LogP contribution in [0, 0.1) is 5.82 Å². The van der Waals surface area contributed by atoms with Crippen molar-refractivity contribution in [2.24, 2.45) is 0 Å². The lowest BCUT2D eigenvalue weighted by Gasteiger charge is -2.24. The van der Waals surface area contributed by atoms with Crippen molar-refractivity contribution < 1.29 is 17.6 Å². The van der Waals surface area contributed by atoms with Gasteiger partial charge in [0.2, 0.25) is 0 Å². The lowest BCUT2D eigenvalue weighted by atomic mass is 10.1. The first-order valence-electron chi connectivity index (χ1n) is 9.86. The van der Waals surface area contributed by atoms with E-state index in [1.807, 2.05) is 0 Å². The molecule has 9 heteroatoms. The molecule has 1 aliphatic rings. The van der Waals surface area contributed by atoms with E-state index < -0.39 is 15.8 Å². The number of nitrogens with zero attached hydrogens (tertiary/aromatic N) is 1. The third-order valence-corrected chi connectivity index (χ3v) is 7.11. The molecule has 2 heterocycles. The summed E-state index contributed by atoms with van der Waals surface area (Å²) in [5.41, 5.74) is 0.771. The minimum atomic E-state index is -4.05. The minimum Gasteiger partial charge on any atom is -0.348 e. The molecule has 1 atom stereocenters. The van der Waals surface area contributed by atoms with E-state index in [-0.39, 0.29) is 33.1 Å². The van der Waals surface area contributed by atoms with Crippen LogP contribution in [0.15, 0.2) is 65.7 Å². The zero-order valence-corrected chi connectivity index (χ0v) is 18.1. The van der Waals surface area contributed by atoms with Crippen LogP contribution in [-0.4, -0.2) is 37.4 Å². The third kappa shape index (κ3) is 4.51. The summed E-state index contributed by atoms with van der Waals surface area (Å²) in [7, 11) is -4.05. The molecule has 0 spiro atoms. The Morgan fingerprint density at radius 3 is 2.61 bits per heavy atom. The number of benzene rings is 2. The first-order chi connectivity index (χ1) is 14.9. The fraction of sp³-hybridized carbons (Fsp3) is 0.227. The van der Waals surface area contributed by atoms with Crippen molar-refractivity contribution in [1.82, 2.24) is 14.6 Å². The van der Waals surface area contributed by atoms with E-state index in [1.165, 1.54) is 48.7 Å². The minimum absolute atomic E-state index is 0.0117. The van der Waals surface area contributed by atoms with E-state index in [0.717, 1.165) is 23.4 Å². The van der Waals surface area contributed by atoms with Crippen LogP contribution in [0.3, 0.4) is 0 Å². The highest BCUT2D eigenvalue weighted by Crippen LogP contribution is 2.30. The first-order valence-corrected chi connectivity index (χ1v) is 11.7. The van der Waals surface area contributed by atoms with Gasteiger partial charge >= 0.3 is 0 Å². The topological polar surface area (TPSA) is 80.2 Å². The molecule has 3 aromatic rings. The molecular weight excluding hydrogens is 441 g/mol. The van der Waals surface area contributed by atoms with Crippen LogP contribution in [0.4, 0.5) is 4.39 Å². The number of carbonyl (C=O) groups excluding carboxylic acids is 1. The van der Waals surface area contributed by atoms with Crippen LogP contribution in [0.25, 0.3) is 11.3 Å². The van der Waals surface area contributed by atoms with Gasteiger partial charge in [-0.3, -0.25) is 4.79 Å². The van der Waals surface area contributed by atoms with Crippen LogP contribution in [0.5, 0.6) is 0 Å². The average Bonchev–Trinajstić information content (AvgIpc) is 3.21. The van der Waals surface area contributed by atoms with Crippen molar-refractivity contribution in [1.29, 1.82) is 0 Å². The van der Waals surface area contributed by atoms with Crippen LogP contribution in [0.1, 0.15) is 23.2 Å². The number of carbonyl (C=O) groups is 1. The number of hydrogen-bond acceptors (Lipinski definition) is 4. The Morgan fingerprint density at radius 2 is 1.94 bits per heavy atom. The monoisotopic (exact) mass is 461 g/mol. The Labute approximate surface area is 185 Å². The Hall–Kier alpha value is -2.68. The highest BCUT2D eigenvalue weighted by molar-refractivity contribution is 7.90. The number of rotatable bonds is 5. The molecule has 1 aliphatic heterocycles. The predicted octanol–water partition coefficient (Wildman–Crippen LogP) is 3.67. The SMILES string of the molecule is O=C(N[C@H]1CCCNC1)c1ccn(S(=O)(=O)c2cccc(Cl)c2)c1-c1ccc(F)cc1. The Morgan fingerprint density at radius 1 is 1.16 bits per heavy atom. The molecule has 31 heavy (non-hydrogen) atoms. The number of piperidine rings is 1. The predicted molar refractivity (Wildman–Crippen MR) is 117 cm³/mol. The van der Waals surface area contributed by atoms with E-state index >= 15 is 0 Å². The van der Waals surface area contributed by atoms with E-state index in [9.17, 15) is 17.6 Å². The highest BCUT2D eigenvalue weighted by Gasteiger charge is 2.27. The van der Waals surface area contributed by atoms with Gasteiger partial charge in [-0.15, -0.1) is 0 Å². The van der Waals surface area contributed by atoms with Crippen molar-refractivity contribution in [3.05, 3.63) is 77.2 Å². The zero-order chi connectivity index (χ0) is 22.0. The average molecular weight is 462 g/mol. The normalized spacial score (nSPS) is 16.8. The summed E-state index contributed by atoms with van der Waals surface area (Å²) in [6.45, 7) is 1.56. The van der Waals surface area contributed by atoms with Gasteiger partial charge in [-0.05, 0) is 67.9 Å². The number of aromatic nitrogens is 1. The van der Waals surface area contributed by atoms with Gasteiger partial charge in [-0.2, -0.15) is 0 Å². The summed E-state index contributed by atoms with van der Waals surface area (Å²) in [6, 6.07) is 12.7. The van der Waals surface area contributed by atoms with E-state index in [2.05, 4.69) is 10.6 Å². The molecule has 1 saturated heterocycles. The molecule has 0 unspecified atom stereocenters. The fourth-order valence-corrected chi connectivity index (χ4v) is 5.34. The summed E-state index contributed by atoms with van der Waals surface area (Å²) in [5.74, 6) is -0.841. The molecule has 0 radical (unpaired) electrons. The van der Waals surface area contributed by atoms with E-state index in [1.54, 1.807) is 12.1 Å². The molecule has 0 bridgehead atoms. The zero-order valence-electron chi connectivity index (χ0n) is 16.5. The van der Waals surface area contributed by atoms with Gasteiger partial charge in [0.05, 0.1) is 16.2 Å². The van der Waals surface area contributed by atoms with Gasteiger partial charge in [0.25, 0.3) is 15.9 Å². The van der Waals surface area contributed by atoms with Crippen LogP contribution in [0.2, 0.25) is 5.02 Å². The van der Waals surface area contributed by atoms with Gasteiger partial charge in [0, 0.05) is 29.4 Å². The van der Waals surface area contributed by atoms with E-state index in [0.29, 0.717) is 12.1 Å². The van der Waals surface area contributed by atoms with Crippen LogP contribution >= 0.6 is 11.6 Å². The fourth-order valence-electron chi connectivity index (χ4n) is 3.67. The molecule has 1 aromatic heterocycles. The molecular formula is C22H21ClFN3O3S. The molecule has 2 N–H and O–H groups in total. The number of halogens is 2. The summed E-state index contributed by atoms with van der Waals surface area (Å²) in [6.07, 6.45) is 3.12. The lowest BCUT2D eigenvalue weighted by Crippen LogP contribution is -2.45. The Bertz CT molecular complexity index is 1200. The van der Waals surface area contributed by atoms with Gasteiger partial charge in [-0.25, -0.2) is 16.8 Å². The molecule has 6 nitrogen and oxygen atoms in total. The third-order valence-electron chi connectivity index (χ3n) is 5.20. The summed E-state index contributed by atoms with van der Waals surface area (Å²) < 4.78 is 41.3. The maximum atomic E-state index is 13.5. The van der Waals surface area contributed by atoms with Crippen molar-refractivity contribution in [3.63, 3.8) is 0 Å². The second-order valence-electron chi connectivity index (χ2n) is 7.36. The maximum Gasteiger partial charge on any atom is 0.268 e. The molecule has 0 saturated carbocycles. The maximum absolute atomic E-state index is 13.5. The van der Waals surface area contributed by atoms with Crippen LogP contribution in [-0.2, 0) is 10.0 Å². The molecule has 1 fully saturated rings. The number of hydrogen-bond donors (Lipinski definition) is 2. The van der Waals surface area contributed by atoms with Crippen LogP contribution < -0.4 is 10.6 Å². The molecule has 1 amide bonds. The smallest absolute Gasteiger partial charge is 0.268 e. The second-order valence-corrected chi connectivity index (χ2v) is 9.61. The van der Waals surface area contributed by atoms with Crippen molar-refractivity contribution in [2.45, 2.75) is 23.8 Å². The number of nitrogens with one attached hydrogen (secondary N) is 2. The van der Waals surface area contributed by atoms with Gasteiger partial charge in [0.15, 0.2) is 0 Å². The summed E-state index contributed by atoms with van der Waals surface area (Å²) in [4.78, 5) is 13.1. The van der Waals surface area contributed by atoms with Gasteiger partial charge in [-0.1, -0.05) is 17.7 Å². The Balaban J connectivity index is 1.80. The number of amides is 1. The van der Waals surface area contributed by atoms with Gasteiger partial charge in [0.1, 0.15) is 5.82 Å².